The summed E-state index contributed by atoms with van der Waals surface area (Å²) in [6.45, 7) is 3.93. The van der Waals surface area contributed by atoms with Gasteiger partial charge < -0.3 is 5.73 Å². The molecule has 4 nitrogen and oxygen atoms in total. The number of halogens is 2. The minimum atomic E-state index is -3.47. The van der Waals surface area contributed by atoms with E-state index in [2.05, 4.69) is 15.9 Å². The Morgan fingerprint density at radius 3 is 2.39 bits per heavy atom. The molecule has 0 aliphatic heterocycles. The summed E-state index contributed by atoms with van der Waals surface area (Å²) < 4.78 is 26.6. The predicted octanol–water partition coefficient (Wildman–Crippen LogP) is 2.15. The van der Waals surface area contributed by atoms with Gasteiger partial charge in [-0.25, -0.2) is 8.42 Å². The van der Waals surface area contributed by atoms with Crippen molar-refractivity contribution in [3.05, 3.63) is 28.2 Å². The van der Waals surface area contributed by atoms with Crippen LogP contribution in [-0.4, -0.2) is 32.4 Å². The fourth-order valence-corrected chi connectivity index (χ4v) is 3.67. The SMILES string of the molecule is Cc1cc(Br)cc(S(=O)(=O)N(C)C(C)CN)c1.Cl. The number of rotatable bonds is 4. The second-order valence-electron chi connectivity index (χ2n) is 4.07. The quantitative estimate of drug-likeness (QED) is 0.898. The first kappa shape index (κ1) is 17.9. The van der Waals surface area contributed by atoms with Crippen LogP contribution in [0.4, 0.5) is 0 Å². The van der Waals surface area contributed by atoms with Crippen LogP contribution in [0.2, 0.25) is 0 Å². The normalized spacial score (nSPS) is 13.2. The third kappa shape index (κ3) is 3.93. The van der Waals surface area contributed by atoms with E-state index in [0.29, 0.717) is 6.54 Å². The molecule has 1 aromatic rings. The molecule has 0 saturated heterocycles. The maximum Gasteiger partial charge on any atom is 0.243 e. The molecule has 1 unspecified atom stereocenters. The molecule has 0 radical (unpaired) electrons. The van der Waals surface area contributed by atoms with Crippen molar-refractivity contribution in [3.63, 3.8) is 0 Å². The minimum Gasteiger partial charge on any atom is -0.329 e. The van der Waals surface area contributed by atoms with Crippen molar-refractivity contribution >= 4 is 38.4 Å². The maximum absolute atomic E-state index is 12.3. The third-order valence-corrected chi connectivity index (χ3v) is 5.06. The lowest BCUT2D eigenvalue weighted by atomic mass is 10.2. The van der Waals surface area contributed by atoms with E-state index in [4.69, 9.17) is 5.73 Å². The molecule has 0 spiro atoms. The zero-order chi connectivity index (χ0) is 13.2. The van der Waals surface area contributed by atoms with Crippen LogP contribution in [0, 0.1) is 6.92 Å². The standard InChI is InChI=1S/C11H17BrN2O2S.ClH/c1-8-4-10(12)6-11(5-8)17(15,16)14(3)9(2)7-13;/h4-6,9H,7,13H2,1-3H3;1H. The van der Waals surface area contributed by atoms with Gasteiger partial charge in [0, 0.05) is 24.1 Å². The molecule has 0 saturated carbocycles. The van der Waals surface area contributed by atoms with Gasteiger partial charge in [0.2, 0.25) is 10.0 Å². The van der Waals surface area contributed by atoms with Crippen molar-refractivity contribution < 1.29 is 8.42 Å². The Kier molecular flexibility index (Phi) is 6.81. The van der Waals surface area contributed by atoms with Crippen LogP contribution in [0.5, 0.6) is 0 Å². The van der Waals surface area contributed by atoms with Gasteiger partial charge in [-0.05, 0) is 37.6 Å². The first-order valence-corrected chi connectivity index (χ1v) is 7.47. The van der Waals surface area contributed by atoms with Crippen LogP contribution in [0.1, 0.15) is 12.5 Å². The lowest BCUT2D eigenvalue weighted by Crippen LogP contribution is -2.39. The van der Waals surface area contributed by atoms with Crippen molar-refractivity contribution in [1.82, 2.24) is 4.31 Å². The Labute approximate surface area is 123 Å². The molecule has 0 heterocycles. The Bertz CT molecular complexity index is 488. The summed E-state index contributed by atoms with van der Waals surface area (Å²) in [5.41, 5.74) is 6.39. The molecule has 1 atom stereocenters. The first-order chi connectivity index (χ1) is 7.78. The van der Waals surface area contributed by atoms with Crippen molar-refractivity contribution in [2.45, 2.75) is 24.8 Å². The second-order valence-corrected chi connectivity index (χ2v) is 6.98. The number of hydrogen-bond donors (Lipinski definition) is 1. The minimum absolute atomic E-state index is 0. The zero-order valence-corrected chi connectivity index (χ0v) is 13.8. The fourth-order valence-electron chi connectivity index (χ4n) is 1.40. The van der Waals surface area contributed by atoms with Gasteiger partial charge in [0.15, 0.2) is 0 Å². The van der Waals surface area contributed by atoms with E-state index in [-0.39, 0.29) is 23.3 Å². The van der Waals surface area contributed by atoms with E-state index < -0.39 is 10.0 Å². The number of sulfonamides is 1. The lowest BCUT2D eigenvalue weighted by Gasteiger charge is -2.23. The Hall–Kier alpha value is -0.140. The highest BCUT2D eigenvalue weighted by atomic mass is 79.9. The van der Waals surface area contributed by atoms with Gasteiger partial charge in [-0.3, -0.25) is 0 Å². The molecule has 1 rings (SSSR count). The number of likely N-dealkylation sites (N-methyl/N-ethyl adjacent to an activating group) is 1. The predicted molar refractivity (Wildman–Crippen MR) is 79.6 cm³/mol. The van der Waals surface area contributed by atoms with Gasteiger partial charge in [0.25, 0.3) is 0 Å². The molecule has 0 amide bonds. The summed E-state index contributed by atoms with van der Waals surface area (Å²) in [7, 11) is -1.93. The monoisotopic (exact) mass is 356 g/mol. The summed E-state index contributed by atoms with van der Waals surface area (Å²) in [6, 6.07) is 4.90. The van der Waals surface area contributed by atoms with Crippen LogP contribution < -0.4 is 5.73 Å². The van der Waals surface area contributed by atoms with Crippen LogP contribution in [0.25, 0.3) is 0 Å². The maximum atomic E-state index is 12.3. The van der Waals surface area contributed by atoms with Gasteiger partial charge in [-0.1, -0.05) is 15.9 Å². The molecule has 0 fully saturated rings. The molecule has 18 heavy (non-hydrogen) atoms. The molecule has 1 aromatic carbocycles. The second kappa shape index (κ2) is 6.86. The van der Waals surface area contributed by atoms with E-state index >= 15 is 0 Å². The van der Waals surface area contributed by atoms with Gasteiger partial charge in [0.05, 0.1) is 4.90 Å². The molecule has 2 N–H and O–H groups in total. The first-order valence-electron chi connectivity index (χ1n) is 5.24. The number of hydrogen-bond acceptors (Lipinski definition) is 3. The molecule has 0 aromatic heterocycles. The van der Waals surface area contributed by atoms with E-state index in [1.165, 1.54) is 4.31 Å². The van der Waals surface area contributed by atoms with E-state index in [0.717, 1.165) is 10.0 Å². The van der Waals surface area contributed by atoms with E-state index in [1.54, 1.807) is 26.1 Å². The average molecular weight is 358 g/mol. The molecule has 104 valence electrons. The van der Waals surface area contributed by atoms with E-state index in [1.807, 2.05) is 13.0 Å². The molecule has 7 heteroatoms. The topological polar surface area (TPSA) is 63.4 Å². The third-order valence-electron chi connectivity index (χ3n) is 2.65. The average Bonchev–Trinajstić information content (AvgIpc) is 2.25. The molecular formula is C11H18BrClN2O2S. The van der Waals surface area contributed by atoms with Crippen LogP contribution in [0.3, 0.4) is 0 Å². The zero-order valence-electron chi connectivity index (χ0n) is 10.6. The summed E-state index contributed by atoms with van der Waals surface area (Å²) in [5.74, 6) is 0. The highest BCUT2D eigenvalue weighted by molar-refractivity contribution is 9.10. The fraction of sp³-hybridized carbons (Fsp3) is 0.455. The number of nitrogens with zero attached hydrogens (tertiary/aromatic N) is 1. The number of aryl methyl sites for hydroxylation is 1. The smallest absolute Gasteiger partial charge is 0.243 e. The van der Waals surface area contributed by atoms with E-state index in [9.17, 15) is 8.42 Å². The summed E-state index contributed by atoms with van der Waals surface area (Å²) in [5, 5.41) is 0. The Balaban J connectivity index is 0.00000289. The summed E-state index contributed by atoms with van der Waals surface area (Å²) in [6.07, 6.45) is 0. The summed E-state index contributed by atoms with van der Waals surface area (Å²) >= 11 is 3.30. The van der Waals surface area contributed by atoms with Gasteiger partial charge in [-0.15, -0.1) is 12.4 Å². The van der Waals surface area contributed by atoms with Crippen LogP contribution >= 0.6 is 28.3 Å². The van der Waals surface area contributed by atoms with Gasteiger partial charge >= 0.3 is 0 Å². The Morgan fingerprint density at radius 1 is 1.39 bits per heavy atom. The highest BCUT2D eigenvalue weighted by Crippen LogP contribution is 2.22. The molecule has 0 aliphatic rings. The highest BCUT2D eigenvalue weighted by Gasteiger charge is 2.24. The van der Waals surface area contributed by atoms with Gasteiger partial charge in [0.1, 0.15) is 0 Å². The van der Waals surface area contributed by atoms with Crippen molar-refractivity contribution in [1.29, 1.82) is 0 Å². The molecule has 0 aliphatic carbocycles. The Morgan fingerprint density at radius 2 is 1.94 bits per heavy atom. The number of benzene rings is 1. The van der Waals surface area contributed by atoms with Crippen LogP contribution in [0.15, 0.2) is 27.6 Å². The van der Waals surface area contributed by atoms with Crippen molar-refractivity contribution in [2.75, 3.05) is 13.6 Å². The largest absolute Gasteiger partial charge is 0.329 e. The number of nitrogens with two attached hydrogens (primary N) is 1. The molecule has 0 bridgehead atoms. The van der Waals surface area contributed by atoms with Gasteiger partial charge in [-0.2, -0.15) is 4.31 Å². The van der Waals surface area contributed by atoms with Crippen molar-refractivity contribution in [3.8, 4) is 0 Å². The van der Waals surface area contributed by atoms with Crippen LogP contribution in [-0.2, 0) is 10.0 Å². The lowest BCUT2D eigenvalue weighted by molar-refractivity contribution is 0.394. The molecular weight excluding hydrogens is 340 g/mol. The summed E-state index contributed by atoms with van der Waals surface area (Å²) in [4.78, 5) is 0.284. The van der Waals surface area contributed by atoms with Crippen molar-refractivity contribution in [2.24, 2.45) is 5.73 Å².